The van der Waals surface area contributed by atoms with E-state index in [0.717, 1.165) is 0 Å². The molecule has 0 radical (unpaired) electrons. The van der Waals surface area contributed by atoms with Crippen LogP contribution in [0.3, 0.4) is 0 Å². The van der Waals surface area contributed by atoms with Crippen molar-refractivity contribution in [3.05, 3.63) is 0 Å². The lowest BCUT2D eigenvalue weighted by molar-refractivity contribution is -0.132. The number of rotatable bonds is 2. The standard InChI is InChI=1S/CH2ClO5P/c2-1(3)6-7-8(4)5/h8H,(H,4,5). The Bertz CT molecular complexity index is 97.0. The average Bonchev–Trinajstić information content (AvgIpc) is 1.61. The molecule has 1 unspecified atom stereocenters. The Hall–Kier alpha value is -0.0900. The first kappa shape index (κ1) is 7.91. The van der Waals surface area contributed by atoms with Crippen molar-refractivity contribution in [1.29, 1.82) is 0 Å². The van der Waals surface area contributed by atoms with Crippen molar-refractivity contribution in [2.75, 3.05) is 0 Å². The highest BCUT2D eigenvalue weighted by molar-refractivity contribution is 7.32. The van der Waals surface area contributed by atoms with Crippen molar-refractivity contribution < 1.29 is 23.8 Å². The van der Waals surface area contributed by atoms with E-state index in [9.17, 15) is 9.36 Å². The molecule has 7 heteroatoms. The number of hydrogen-bond donors (Lipinski definition) is 1. The Kier molecular flexibility index (Phi) is 3.81. The van der Waals surface area contributed by atoms with Crippen molar-refractivity contribution in [1.82, 2.24) is 0 Å². The van der Waals surface area contributed by atoms with Gasteiger partial charge in [-0.25, -0.2) is 4.79 Å². The Morgan fingerprint density at radius 3 is 2.38 bits per heavy atom. The SMILES string of the molecule is O=C(Cl)OO[PH](=O)O. The maximum absolute atomic E-state index is 9.53. The van der Waals surface area contributed by atoms with E-state index in [0.29, 0.717) is 0 Å². The molecule has 0 amide bonds. The van der Waals surface area contributed by atoms with Gasteiger partial charge in [-0.3, -0.25) is 9.45 Å². The molecule has 0 rings (SSSR count). The van der Waals surface area contributed by atoms with Crippen LogP contribution in [0.15, 0.2) is 0 Å². The summed E-state index contributed by atoms with van der Waals surface area (Å²) in [6.07, 6.45) is 0. The van der Waals surface area contributed by atoms with Crippen LogP contribution < -0.4 is 0 Å². The van der Waals surface area contributed by atoms with Crippen LogP contribution in [0.4, 0.5) is 4.79 Å². The molecule has 0 spiro atoms. The minimum Gasteiger partial charge on any atom is -0.324 e. The molecular weight excluding hydrogens is 158 g/mol. The highest BCUT2D eigenvalue weighted by Gasteiger charge is 1.97. The molecule has 0 aromatic heterocycles. The molecule has 0 saturated carbocycles. The van der Waals surface area contributed by atoms with Gasteiger partial charge in [-0.05, 0) is 0 Å². The molecular formula is CH2ClO5P. The summed E-state index contributed by atoms with van der Waals surface area (Å²) in [5.41, 5.74) is -1.28. The van der Waals surface area contributed by atoms with Gasteiger partial charge in [-0.15, -0.1) is 0 Å². The number of carbonyl (C=O) groups is 1. The van der Waals surface area contributed by atoms with Crippen LogP contribution in [0.5, 0.6) is 0 Å². The summed E-state index contributed by atoms with van der Waals surface area (Å²) in [6.45, 7) is 0. The van der Waals surface area contributed by atoms with E-state index in [4.69, 9.17) is 4.89 Å². The number of hydrogen-bond acceptors (Lipinski definition) is 4. The second kappa shape index (κ2) is 3.86. The molecule has 0 fully saturated rings. The lowest BCUT2D eigenvalue weighted by Crippen LogP contribution is -1.87. The van der Waals surface area contributed by atoms with Gasteiger partial charge in [0.05, 0.1) is 0 Å². The summed E-state index contributed by atoms with van der Waals surface area (Å²) in [6, 6.07) is 0. The van der Waals surface area contributed by atoms with Crippen LogP contribution >= 0.6 is 19.9 Å². The molecule has 0 saturated heterocycles. The van der Waals surface area contributed by atoms with E-state index in [1.165, 1.54) is 0 Å². The molecule has 0 aliphatic heterocycles. The van der Waals surface area contributed by atoms with Gasteiger partial charge in [0.1, 0.15) is 0 Å². The Morgan fingerprint density at radius 1 is 1.75 bits per heavy atom. The zero-order valence-electron chi connectivity index (χ0n) is 3.46. The van der Waals surface area contributed by atoms with Crippen LogP contribution in [0, 0.1) is 0 Å². The third-order valence-electron chi connectivity index (χ3n) is 0.178. The Morgan fingerprint density at radius 2 is 2.25 bits per heavy atom. The van der Waals surface area contributed by atoms with Gasteiger partial charge in [-0.2, -0.15) is 0 Å². The third-order valence-corrected chi connectivity index (χ3v) is 0.467. The van der Waals surface area contributed by atoms with Crippen molar-refractivity contribution in [3.8, 4) is 0 Å². The summed E-state index contributed by atoms with van der Waals surface area (Å²) in [5, 5.41) is 0. The average molecular weight is 160 g/mol. The van der Waals surface area contributed by atoms with Crippen molar-refractivity contribution >= 4 is 25.3 Å². The number of halogens is 1. The normalized spacial score (nSPS) is 12.8. The summed E-state index contributed by atoms with van der Waals surface area (Å²) in [5.74, 6) is 0. The minimum atomic E-state index is -3.21. The predicted molar refractivity (Wildman–Crippen MR) is 24.6 cm³/mol. The first-order valence-corrected chi connectivity index (χ1v) is 3.04. The molecule has 1 N–H and O–H groups in total. The second-order valence-corrected chi connectivity index (χ2v) is 1.68. The van der Waals surface area contributed by atoms with Gasteiger partial charge in [0.15, 0.2) is 0 Å². The van der Waals surface area contributed by atoms with Crippen LogP contribution in [-0.4, -0.2) is 10.3 Å². The molecule has 0 aliphatic rings. The van der Waals surface area contributed by atoms with Gasteiger partial charge in [0.2, 0.25) is 0 Å². The van der Waals surface area contributed by atoms with Crippen LogP contribution in [0.1, 0.15) is 0 Å². The zero-order valence-corrected chi connectivity index (χ0v) is 5.21. The fourth-order valence-corrected chi connectivity index (χ4v) is 0.300. The topological polar surface area (TPSA) is 72.8 Å². The fraction of sp³-hybridized carbons (Fsp3) is 0. The number of carbonyl (C=O) groups excluding carboxylic acids is 1. The minimum absolute atomic E-state index is 1.28. The quantitative estimate of drug-likeness (QED) is 0.278. The lowest BCUT2D eigenvalue weighted by Gasteiger charge is -1.90. The molecule has 0 aromatic rings. The first-order chi connectivity index (χ1) is 3.63. The highest BCUT2D eigenvalue weighted by Crippen LogP contribution is 2.14. The lowest BCUT2D eigenvalue weighted by atomic mass is 11.6. The monoisotopic (exact) mass is 160 g/mol. The smallest absolute Gasteiger partial charge is 0.324 e. The van der Waals surface area contributed by atoms with Crippen molar-refractivity contribution in [3.63, 3.8) is 0 Å². The van der Waals surface area contributed by atoms with Gasteiger partial charge >= 0.3 is 13.7 Å². The summed E-state index contributed by atoms with van der Waals surface area (Å²) in [7, 11) is -3.21. The first-order valence-electron chi connectivity index (χ1n) is 1.40. The second-order valence-electron chi connectivity index (χ2n) is 0.670. The predicted octanol–water partition coefficient (Wildman–Crippen LogP) is 0.675. The summed E-state index contributed by atoms with van der Waals surface area (Å²) >= 11 is 4.50. The fourth-order valence-electron chi connectivity index (χ4n) is 0.0684. The molecule has 1 atom stereocenters. The van der Waals surface area contributed by atoms with Crippen molar-refractivity contribution in [2.45, 2.75) is 0 Å². The molecule has 0 aromatic carbocycles. The van der Waals surface area contributed by atoms with E-state index in [1.807, 2.05) is 0 Å². The maximum atomic E-state index is 9.53. The molecule has 8 heavy (non-hydrogen) atoms. The van der Waals surface area contributed by atoms with E-state index in [2.05, 4.69) is 21.2 Å². The van der Waals surface area contributed by atoms with E-state index >= 15 is 0 Å². The Balaban J connectivity index is 3.18. The third kappa shape index (κ3) is 5.91. The van der Waals surface area contributed by atoms with Gasteiger partial charge < -0.3 is 4.89 Å². The van der Waals surface area contributed by atoms with Crippen LogP contribution in [-0.2, 0) is 14.1 Å². The van der Waals surface area contributed by atoms with E-state index in [-0.39, 0.29) is 0 Å². The van der Waals surface area contributed by atoms with E-state index < -0.39 is 13.7 Å². The van der Waals surface area contributed by atoms with Crippen LogP contribution in [0.2, 0.25) is 0 Å². The van der Waals surface area contributed by atoms with Gasteiger partial charge in [0, 0.05) is 11.6 Å². The summed E-state index contributed by atoms with van der Waals surface area (Å²) in [4.78, 5) is 20.7. The van der Waals surface area contributed by atoms with Crippen molar-refractivity contribution in [2.24, 2.45) is 0 Å². The zero-order chi connectivity index (χ0) is 6.57. The highest BCUT2D eigenvalue weighted by atomic mass is 35.5. The van der Waals surface area contributed by atoms with E-state index in [1.54, 1.807) is 0 Å². The largest absolute Gasteiger partial charge is 0.435 e. The Labute approximate surface area is 50.0 Å². The van der Waals surface area contributed by atoms with Gasteiger partial charge in [-0.1, -0.05) is 4.67 Å². The molecule has 0 bridgehead atoms. The maximum Gasteiger partial charge on any atom is 0.435 e. The molecule has 0 heterocycles. The van der Waals surface area contributed by atoms with Gasteiger partial charge in [0.25, 0.3) is 0 Å². The molecule has 5 nitrogen and oxygen atoms in total. The molecule has 48 valence electrons. The summed E-state index contributed by atoms with van der Waals surface area (Å²) < 4.78 is 13.0. The van der Waals surface area contributed by atoms with Crippen LogP contribution in [0.25, 0.3) is 0 Å². The molecule has 0 aliphatic carbocycles.